The molecular formula is C22H23F2N3O3. The van der Waals surface area contributed by atoms with E-state index in [0.717, 1.165) is 35.1 Å². The van der Waals surface area contributed by atoms with Gasteiger partial charge in [0, 0.05) is 48.2 Å². The number of nitrogens with two attached hydrogens (primary N) is 1. The standard InChI is InChI=1S/C22H23F2N3O3/c23-14-2-4-21(13(7-14)8-22(25)29)30-12-16(28)10-27-6-5-20-18(11-27)17-9-15(24)1-3-19(17)26-20/h1-4,7,9,16,26,28H,5-6,8,10-12H2,(H2,25,29). The molecule has 30 heavy (non-hydrogen) atoms. The Morgan fingerprint density at radius 1 is 1.23 bits per heavy atom. The fourth-order valence-electron chi connectivity index (χ4n) is 3.95. The lowest BCUT2D eigenvalue weighted by atomic mass is 10.0. The Bertz CT molecular complexity index is 1080. The fraction of sp³-hybridized carbons (Fsp3) is 0.318. The lowest BCUT2D eigenvalue weighted by Gasteiger charge is -2.29. The number of amides is 1. The van der Waals surface area contributed by atoms with Crippen LogP contribution in [-0.2, 0) is 24.2 Å². The number of benzene rings is 2. The number of aliphatic hydroxyl groups is 1. The lowest BCUT2D eigenvalue weighted by Crippen LogP contribution is -2.38. The predicted octanol–water partition coefficient (Wildman–Crippen LogP) is 2.27. The SMILES string of the molecule is NC(=O)Cc1cc(F)ccc1OCC(O)CN1CCc2[nH]c3ccc(F)cc3c2C1. The summed E-state index contributed by atoms with van der Waals surface area (Å²) in [6.45, 7) is 1.71. The Balaban J connectivity index is 1.39. The molecule has 1 aromatic heterocycles. The number of ether oxygens (including phenoxy) is 1. The molecule has 1 aliphatic rings. The van der Waals surface area contributed by atoms with Crippen molar-refractivity contribution in [3.63, 3.8) is 0 Å². The molecule has 0 fully saturated rings. The van der Waals surface area contributed by atoms with Crippen LogP contribution in [0, 0.1) is 11.6 Å². The van der Waals surface area contributed by atoms with Gasteiger partial charge in [-0.3, -0.25) is 9.69 Å². The van der Waals surface area contributed by atoms with Crippen molar-refractivity contribution < 1.29 is 23.4 Å². The maximum atomic E-state index is 13.7. The number of rotatable bonds is 7. The Morgan fingerprint density at radius 3 is 2.80 bits per heavy atom. The third-order valence-electron chi connectivity index (χ3n) is 5.30. The molecule has 0 saturated carbocycles. The number of nitrogens with one attached hydrogen (secondary N) is 1. The summed E-state index contributed by atoms with van der Waals surface area (Å²) in [7, 11) is 0. The molecule has 4 N–H and O–H groups in total. The Labute approximate surface area is 172 Å². The Morgan fingerprint density at radius 2 is 2.00 bits per heavy atom. The van der Waals surface area contributed by atoms with Gasteiger partial charge in [-0.2, -0.15) is 0 Å². The maximum absolute atomic E-state index is 13.7. The van der Waals surface area contributed by atoms with Crippen molar-refractivity contribution in [2.24, 2.45) is 5.73 Å². The lowest BCUT2D eigenvalue weighted by molar-refractivity contribution is -0.117. The number of nitrogens with zero attached hydrogens (tertiary/aromatic N) is 1. The van der Waals surface area contributed by atoms with E-state index in [1.165, 1.54) is 30.3 Å². The molecule has 1 amide bonds. The molecule has 1 aliphatic heterocycles. The monoisotopic (exact) mass is 415 g/mol. The van der Waals surface area contributed by atoms with E-state index in [1.807, 2.05) is 0 Å². The second kappa shape index (κ2) is 8.41. The quantitative estimate of drug-likeness (QED) is 0.552. The van der Waals surface area contributed by atoms with Crippen LogP contribution in [0.5, 0.6) is 5.75 Å². The summed E-state index contributed by atoms with van der Waals surface area (Å²) < 4.78 is 32.7. The molecule has 0 saturated heterocycles. The zero-order valence-electron chi connectivity index (χ0n) is 16.3. The average Bonchev–Trinajstić information content (AvgIpc) is 3.04. The number of fused-ring (bicyclic) bond motifs is 3. The molecule has 0 radical (unpaired) electrons. The van der Waals surface area contributed by atoms with Crippen LogP contribution in [0.25, 0.3) is 10.9 Å². The van der Waals surface area contributed by atoms with Gasteiger partial charge in [-0.05, 0) is 42.0 Å². The van der Waals surface area contributed by atoms with Gasteiger partial charge < -0.3 is 20.6 Å². The topological polar surface area (TPSA) is 91.6 Å². The highest BCUT2D eigenvalue weighted by molar-refractivity contribution is 5.85. The number of carbonyl (C=O) groups excluding carboxylic acids is 1. The highest BCUT2D eigenvalue weighted by Gasteiger charge is 2.23. The van der Waals surface area contributed by atoms with E-state index in [2.05, 4.69) is 9.88 Å². The zero-order chi connectivity index (χ0) is 21.3. The number of carbonyl (C=O) groups is 1. The summed E-state index contributed by atoms with van der Waals surface area (Å²) in [5.41, 5.74) is 8.60. The minimum atomic E-state index is -0.792. The highest BCUT2D eigenvalue weighted by atomic mass is 19.1. The normalized spacial score (nSPS) is 15.2. The van der Waals surface area contributed by atoms with Gasteiger partial charge in [-0.15, -0.1) is 0 Å². The van der Waals surface area contributed by atoms with Crippen LogP contribution in [0.1, 0.15) is 16.8 Å². The minimum absolute atomic E-state index is 0.0107. The summed E-state index contributed by atoms with van der Waals surface area (Å²) in [4.78, 5) is 16.6. The second-order valence-corrected chi connectivity index (χ2v) is 7.62. The van der Waals surface area contributed by atoms with Gasteiger partial charge in [0.1, 0.15) is 30.1 Å². The summed E-state index contributed by atoms with van der Waals surface area (Å²) in [6, 6.07) is 8.56. The van der Waals surface area contributed by atoms with Crippen molar-refractivity contribution in [2.45, 2.75) is 25.5 Å². The third-order valence-corrected chi connectivity index (χ3v) is 5.30. The molecule has 0 bridgehead atoms. The molecule has 1 atom stereocenters. The van der Waals surface area contributed by atoms with Crippen LogP contribution in [0.2, 0.25) is 0 Å². The number of hydrogen-bond acceptors (Lipinski definition) is 4. The van der Waals surface area contributed by atoms with Gasteiger partial charge in [-0.25, -0.2) is 8.78 Å². The highest BCUT2D eigenvalue weighted by Crippen LogP contribution is 2.28. The third kappa shape index (κ3) is 4.44. The maximum Gasteiger partial charge on any atom is 0.221 e. The number of primary amides is 1. The van der Waals surface area contributed by atoms with Crippen LogP contribution in [0.4, 0.5) is 8.78 Å². The molecule has 2 heterocycles. The molecule has 1 unspecified atom stereocenters. The molecule has 0 aliphatic carbocycles. The van der Waals surface area contributed by atoms with Crippen LogP contribution >= 0.6 is 0 Å². The number of aliphatic hydroxyl groups excluding tert-OH is 1. The number of aromatic nitrogens is 1. The first-order chi connectivity index (χ1) is 14.4. The smallest absolute Gasteiger partial charge is 0.221 e. The van der Waals surface area contributed by atoms with Gasteiger partial charge in [0.05, 0.1) is 6.42 Å². The van der Waals surface area contributed by atoms with Gasteiger partial charge in [0.2, 0.25) is 5.91 Å². The fourth-order valence-corrected chi connectivity index (χ4v) is 3.95. The van der Waals surface area contributed by atoms with Crippen molar-refractivity contribution in [3.05, 3.63) is 64.9 Å². The van der Waals surface area contributed by atoms with E-state index in [4.69, 9.17) is 10.5 Å². The molecule has 3 aromatic rings. The largest absolute Gasteiger partial charge is 0.491 e. The average molecular weight is 415 g/mol. The minimum Gasteiger partial charge on any atom is -0.491 e. The first kappa shape index (κ1) is 20.3. The molecule has 0 spiro atoms. The molecule has 8 heteroatoms. The number of hydrogen-bond donors (Lipinski definition) is 3. The molecule has 4 rings (SSSR count). The van der Waals surface area contributed by atoms with Gasteiger partial charge in [0.15, 0.2) is 0 Å². The molecule has 6 nitrogen and oxygen atoms in total. The van der Waals surface area contributed by atoms with Gasteiger partial charge >= 0.3 is 0 Å². The number of aromatic amines is 1. The summed E-state index contributed by atoms with van der Waals surface area (Å²) in [5, 5.41) is 11.3. The molecule has 2 aromatic carbocycles. The van der Waals surface area contributed by atoms with Crippen molar-refractivity contribution in [2.75, 3.05) is 19.7 Å². The predicted molar refractivity (Wildman–Crippen MR) is 108 cm³/mol. The van der Waals surface area contributed by atoms with E-state index < -0.39 is 17.8 Å². The van der Waals surface area contributed by atoms with Crippen LogP contribution in [-0.4, -0.2) is 46.7 Å². The van der Waals surface area contributed by atoms with E-state index in [1.54, 1.807) is 6.07 Å². The van der Waals surface area contributed by atoms with E-state index in [9.17, 15) is 18.7 Å². The number of halogens is 2. The van der Waals surface area contributed by atoms with Crippen molar-refractivity contribution in [1.82, 2.24) is 9.88 Å². The summed E-state index contributed by atoms with van der Waals surface area (Å²) in [5.74, 6) is -1.04. The Hall–Kier alpha value is -2.97. The van der Waals surface area contributed by atoms with Gasteiger partial charge in [0.25, 0.3) is 0 Å². The number of β-amino-alcohol motifs (C(OH)–C–C–N with tert-alkyl or cyclic N) is 1. The van der Waals surface area contributed by atoms with Crippen LogP contribution in [0.3, 0.4) is 0 Å². The van der Waals surface area contributed by atoms with E-state index in [-0.39, 0.29) is 18.8 Å². The summed E-state index contributed by atoms with van der Waals surface area (Å²) in [6.07, 6.45) is -0.158. The van der Waals surface area contributed by atoms with Crippen molar-refractivity contribution in [3.8, 4) is 5.75 Å². The first-order valence-corrected chi connectivity index (χ1v) is 9.78. The first-order valence-electron chi connectivity index (χ1n) is 9.78. The second-order valence-electron chi connectivity index (χ2n) is 7.62. The molecule has 158 valence electrons. The van der Waals surface area contributed by atoms with Crippen molar-refractivity contribution >= 4 is 16.8 Å². The van der Waals surface area contributed by atoms with E-state index >= 15 is 0 Å². The van der Waals surface area contributed by atoms with Crippen LogP contribution in [0.15, 0.2) is 36.4 Å². The van der Waals surface area contributed by atoms with E-state index in [0.29, 0.717) is 24.4 Å². The number of H-pyrrole nitrogens is 1. The summed E-state index contributed by atoms with van der Waals surface area (Å²) >= 11 is 0. The zero-order valence-corrected chi connectivity index (χ0v) is 16.3. The van der Waals surface area contributed by atoms with Gasteiger partial charge in [-0.1, -0.05) is 0 Å². The Kier molecular flexibility index (Phi) is 5.69. The van der Waals surface area contributed by atoms with Crippen molar-refractivity contribution in [1.29, 1.82) is 0 Å². The molecular weight excluding hydrogens is 392 g/mol. The van der Waals surface area contributed by atoms with Crippen LogP contribution < -0.4 is 10.5 Å².